The van der Waals surface area contributed by atoms with Crippen LogP contribution in [0.2, 0.25) is 0 Å². The predicted molar refractivity (Wildman–Crippen MR) is 114 cm³/mol. The van der Waals surface area contributed by atoms with Crippen LogP contribution in [-0.2, 0) is 13.0 Å². The molecule has 0 unspecified atom stereocenters. The Kier molecular flexibility index (Phi) is 9.13. The van der Waals surface area contributed by atoms with Crippen LogP contribution in [-0.4, -0.2) is 26.7 Å². The number of aryl methyl sites for hydroxylation is 2. The third kappa shape index (κ3) is 6.32. The highest BCUT2D eigenvalue weighted by Gasteiger charge is 2.04. The van der Waals surface area contributed by atoms with Gasteiger partial charge in [-0.15, -0.1) is 35.3 Å². The maximum Gasteiger partial charge on any atom is 0.191 e. The van der Waals surface area contributed by atoms with E-state index in [4.69, 9.17) is 4.74 Å². The summed E-state index contributed by atoms with van der Waals surface area (Å²) >= 11 is 1.81. The van der Waals surface area contributed by atoms with E-state index in [0.29, 0.717) is 0 Å². The number of benzene rings is 1. The van der Waals surface area contributed by atoms with Gasteiger partial charge in [-0.25, -0.2) is 0 Å². The number of nitrogens with one attached hydrogen (secondary N) is 2. The van der Waals surface area contributed by atoms with Crippen molar-refractivity contribution in [1.82, 2.24) is 10.6 Å². The first kappa shape index (κ1) is 20.8. The number of nitrogens with zero attached hydrogens (tertiary/aromatic N) is 1. The van der Waals surface area contributed by atoms with E-state index in [1.165, 1.54) is 20.9 Å². The fourth-order valence-electron chi connectivity index (χ4n) is 2.39. The summed E-state index contributed by atoms with van der Waals surface area (Å²) < 4.78 is 5.42. The normalized spacial score (nSPS) is 10.9. The summed E-state index contributed by atoms with van der Waals surface area (Å²) in [4.78, 5) is 6.91. The molecule has 0 atom stereocenters. The van der Waals surface area contributed by atoms with Crippen LogP contribution in [0.1, 0.15) is 20.9 Å². The fourth-order valence-corrected chi connectivity index (χ4v) is 3.22. The van der Waals surface area contributed by atoms with E-state index >= 15 is 0 Å². The molecule has 132 valence electrons. The van der Waals surface area contributed by atoms with E-state index in [0.717, 1.165) is 31.2 Å². The molecule has 4 nitrogen and oxygen atoms in total. The second-order valence-corrected chi connectivity index (χ2v) is 6.80. The van der Waals surface area contributed by atoms with Gasteiger partial charge < -0.3 is 15.4 Å². The van der Waals surface area contributed by atoms with E-state index in [9.17, 15) is 0 Å². The van der Waals surface area contributed by atoms with Crippen molar-refractivity contribution in [2.75, 3.05) is 20.7 Å². The minimum Gasteiger partial charge on any atom is -0.496 e. The highest BCUT2D eigenvalue weighted by atomic mass is 127. The first-order chi connectivity index (χ1) is 11.1. The molecule has 0 fully saturated rings. The molecular formula is C18H26IN3OS. The summed E-state index contributed by atoms with van der Waals surface area (Å²) in [5, 5.41) is 6.70. The summed E-state index contributed by atoms with van der Waals surface area (Å²) in [6, 6.07) is 10.6. The minimum absolute atomic E-state index is 0. The number of guanidine groups is 1. The molecule has 0 aliphatic rings. The monoisotopic (exact) mass is 459 g/mol. The molecule has 1 aromatic heterocycles. The Bertz CT molecular complexity index is 670. The largest absolute Gasteiger partial charge is 0.496 e. The molecule has 6 heteroatoms. The number of halogens is 1. The Morgan fingerprint density at radius 3 is 2.58 bits per heavy atom. The quantitative estimate of drug-likeness (QED) is 0.392. The van der Waals surface area contributed by atoms with Crippen molar-refractivity contribution >= 4 is 41.3 Å². The van der Waals surface area contributed by atoms with Crippen LogP contribution in [0.4, 0.5) is 0 Å². The van der Waals surface area contributed by atoms with Gasteiger partial charge in [0.2, 0.25) is 0 Å². The zero-order chi connectivity index (χ0) is 16.7. The number of methoxy groups -OCH3 is 1. The lowest BCUT2D eigenvalue weighted by Gasteiger charge is -2.13. The van der Waals surface area contributed by atoms with Crippen molar-refractivity contribution in [2.45, 2.75) is 26.8 Å². The summed E-state index contributed by atoms with van der Waals surface area (Å²) in [5.41, 5.74) is 2.46. The molecule has 1 aromatic carbocycles. The van der Waals surface area contributed by atoms with Gasteiger partial charge in [-0.05, 0) is 44.0 Å². The van der Waals surface area contributed by atoms with Gasteiger partial charge in [0.15, 0.2) is 5.96 Å². The zero-order valence-corrected chi connectivity index (χ0v) is 17.8. The number of rotatable bonds is 6. The van der Waals surface area contributed by atoms with Crippen molar-refractivity contribution in [3.63, 3.8) is 0 Å². The van der Waals surface area contributed by atoms with E-state index in [-0.39, 0.29) is 24.0 Å². The van der Waals surface area contributed by atoms with Gasteiger partial charge in [0.05, 0.1) is 13.7 Å². The van der Waals surface area contributed by atoms with E-state index < -0.39 is 0 Å². The SMILES string of the molecule is CN=C(NCCc1cc(C)ccc1OC)NCc1ccc(C)s1.I. The molecule has 0 bridgehead atoms. The minimum atomic E-state index is 0. The fraction of sp³-hybridized carbons (Fsp3) is 0.389. The first-order valence-electron chi connectivity index (χ1n) is 7.75. The summed E-state index contributed by atoms with van der Waals surface area (Å²) in [6.45, 7) is 5.82. The molecule has 0 saturated heterocycles. The van der Waals surface area contributed by atoms with Crippen LogP contribution in [0, 0.1) is 13.8 Å². The van der Waals surface area contributed by atoms with Crippen molar-refractivity contribution < 1.29 is 4.74 Å². The molecular weight excluding hydrogens is 433 g/mol. The van der Waals surface area contributed by atoms with Crippen molar-refractivity contribution in [1.29, 1.82) is 0 Å². The van der Waals surface area contributed by atoms with Crippen LogP contribution in [0.3, 0.4) is 0 Å². The van der Waals surface area contributed by atoms with Crippen molar-refractivity contribution in [3.05, 3.63) is 51.2 Å². The molecule has 0 aliphatic carbocycles. The van der Waals surface area contributed by atoms with Gasteiger partial charge in [-0.1, -0.05) is 17.7 Å². The Hall–Kier alpha value is -1.28. The molecule has 0 spiro atoms. The van der Waals surface area contributed by atoms with Gasteiger partial charge in [-0.3, -0.25) is 4.99 Å². The first-order valence-corrected chi connectivity index (χ1v) is 8.57. The van der Waals surface area contributed by atoms with Crippen molar-refractivity contribution in [2.24, 2.45) is 4.99 Å². The van der Waals surface area contributed by atoms with Gasteiger partial charge in [-0.2, -0.15) is 0 Å². The number of aliphatic imine (C=N–C) groups is 1. The molecule has 0 saturated carbocycles. The highest BCUT2D eigenvalue weighted by Crippen LogP contribution is 2.19. The lowest BCUT2D eigenvalue weighted by Crippen LogP contribution is -2.37. The lowest BCUT2D eigenvalue weighted by atomic mass is 10.1. The summed E-state index contributed by atoms with van der Waals surface area (Å²) in [5.74, 6) is 1.76. The number of ether oxygens (including phenoxy) is 1. The van der Waals surface area contributed by atoms with E-state index in [2.05, 4.69) is 53.7 Å². The van der Waals surface area contributed by atoms with Crippen LogP contribution in [0.25, 0.3) is 0 Å². The summed E-state index contributed by atoms with van der Waals surface area (Å²) in [6.07, 6.45) is 0.893. The molecule has 0 radical (unpaired) electrons. The number of hydrogen-bond donors (Lipinski definition) is 2. The lowest BCUT2D eigenvalue weighted by molar-refractivity contribution is 0.409. The van der Waals surface area contributed by atoms with E-state index in [1.54, 1.807) is 25.5 Å². The second-order valence-electron chi connectivity index (χ2n) is 5.43. The van der Waals surface area contributed by atoms with Gasteiger partial charge >= 0.3 is 0 Å². The third-order valence-corrected chi connectivity index (χ3v) is 4.57. The highest BCUT2D eigenvalue weighted by molar-refractivity contribution is 14.0. The molecule has 24 heavy (non-hydrogen) atoms. The molecule has 1 heterocycles. The average Bonchev–Trinajstić information content (AvgIpc) is 2.96. The Labute approximate surface area is 165 Å². The van der Waals surface area contributed by atoms with Crippen LogP contribution in [0.5, 0.6) is 5.75 Å². The van der Waals surface area contributed by atoms with Gasteiger partial charge in [0, 0.05) is 23.3 Å². The third-order valence-electron chi connectivity index (χ3n) is 3.57. The Balaban J connectivity index is 0.00000288. The maximum absolute atomic E-state index is 5.42. The second kappa shape index (κ2) is 10.6. The van der Waals surface area contributed by atoms with Gasteiger partial charge in [0.1, 0.15) is 5.75 Å². The van der Waals surface area contributed by atoms with Crippen LogP contribution < -0.4 is 15.4 Å². The topological polar surface area (TPSA) is 45.7 Å². The molecule has 2 aromatic rings. The van der Waals surface area contributed by atoms with Crippen LogP contribution in [0.15, 0.2) is 35.3 Å². The predicted octanol–water partition coefficient (Wildman–Crippen LogP) is 3.90. The molecule has 0 aliphatic heterocycles. The number of thiophene rings is 1. The Morgan fingerprint density at radius 1 is 1.17 bits per heavy atom. The number of hydrogen-bond acceptors (Lipinski definition) is 3. The Morgan fingerprint density at radius 2 is 1.96 bits per heavy atom. The molecule has 2 N–H and O–H groups in total. The van der Waals surface area contributed by atoms with Crippen molar-refractivity contribution in [3.8, 4) is 5.75 Å². The van der Waals surface area contributed by atoms with Gasteiger partial charge in [0.25, 0.3) is 0 Å². The van der Waals surface area contributed by atoms with E-state index in [1.807, 2.05) is 6.07 Å². The average molecular weight is 459 g/mol. The summed E-state index contributed by atoms with van der Waals surface area (Å²) in [7, 11) is 3.51. The maximum atomic E-state index is 5.42. The zero-order valence-electron chi connectivity index (χ0n) is 14.7. The molecule has 2 rings (SSSR count). The van der Waals surface area contributed by atoms with Crippen LogP contribution >= 0.6 is 35.3 Å². The molecule has 0 amide bonds. The standard InChI is InChI=1S/C18H25N3OS.HI/c1-13-5-8-17(22-4)15(11-13)9-10-20-18(19-3)21-12-16-7-6-14(2)23-16;/h5-8,11H,9-10,12H2,1-4H3,(H2,19,20,21);1H. The smallest absolute Gasteiger partial charge is 0.191 e.